The normalized spacial score (nSPS) is 12.1. The van der Waals surface area contributed by atoms with Crippen molar-refractivity contribution in [3.8, 4) is 0 Å². The van der Waals surface area contributed by atoms with Gasteiger partial charge in [-0.3, -0.25) is 4.98 Å². The van der Waals surface area contributed by atoms with E-state index in [1.807, 2.05) is 0 Å². The molecule has 0 unspecified atom stereocenters. The molecular weight excluding hydrogens is 361 g/mol. The largest absolute Gasteiger partial charge is 0.471 e. The molecule has 2 heterocycles. The van der Waals surface area contributed by atoms with Crippen LogP contribution in [0.2, 0.25) is 0 Å². The van der Waals surface area contributed by atoms with Crippen LogP contribution in [0.4, 0.5) is 24.8 Å². The first-order chi connectivity index (χ1) is 11.8. The van der Waals surface area contributed by atoms with Gasteiger partial charge in [0.25, 0.3) is 16.0 Å². The second-order valence-corrected chi connectivity index (χ2v) is 6.47. The highest BCUT2D eigenvalue weighted by atomic mass is 32.2. The van der Waals surface area contributed by atoms with Gasteiger partial charge in [-0.25, -0.2) is 8.42 Å². The summed E-state index contributed by atoms with van der Waals surface area (Å²) >= 11 is 0. The third kappa shape index (κ3) is 3.31. The fraction of sp³-hybridized carbons (Fsp3) is 0.0714. The van der Waals surface area contributed by atoms with E-state index < -0.39 is 28.0 Å². The highest BCUT2D eigenvalue weighted by molar-refractivity contribution is 7.93. The molecule has 0 saturated heterocycles. The third-order valence-corrected chi connectivity index (χ3v) is 4.74. The molecule has 0 fully saturated rings. The van der Waals surface area contributed by atoms with E-state index in [9.17, 15) is 21.6 Å². The van der Waals surface area contributed by atoms with Gasteiger partial charge < -0.3 is 4.52 Å². The smallest absolute Gasteiger partial charge is 0.327 e. The molecule has 130 valence electrons. The standard InChI is InChI=1S/C14H9F3N4O3S/c15-14(16,17)12-19-13(20-24-12)21(10-6-8-18-9-7-10)25(22,23)11-4-2-1-3-5-11/h1-9H. The summed E-state index contributed by atoms with van der Waals surface area (Å²) < 4.78 is 68.6. The average molecular weight is 370 g/mol. The molecule has 0 atom stereocenters. The number of nitrogens with zero attached hydrogens (tertiary/aromatic N) is 4. The van der Waals surface area contributed by atoms with Gasteiger partial charge in [0.15, 0.2) is 0 Å². The monoisotopic (exact) mass is 370 g/mol. The zero-order valence-electron chi connectivity index (χ0n) is 12.3. The highest BCUT2D eigenvalue weighted by Gasteiger charge is 2.40. The molecule has 0 amide bonds. The summed E-state index contributed by atoms with van der Waals surface area (Å²) in [4.78, 5) is 6.78. The van der Waals surface area contributed by atoms with Crippen molar-refractivity contribution in [2.45, 2.75) is 11.1 Å². The van der Waals surface area contributed by atoms with Crippen LogP contribution < -0.4 is 4.31 Å². The molecule has 0 spiro atoms. The van der Waals surface area contributed by atoms with E-state index >= 15 is 0 Å². The van der Waals surface area contributed by atoms with Crippen LogP contribution in [0.25, 0.3) is 0 Å². The number of anilines is 2. The number of aromatic nitrogens is 3. The van der Waals surface area contributed by atoms with Gasteiger partial charge in [0, 0.05) is 12.4 Å². The fourth-order valence-electron chi connectivity index (χ4n) is 1.95. The summed E-state index contributed by atoms with van der Waals surface area (Å²) in [6, 6.07) is 9.76. The van der Waals surface area contributed by atoms with Gasteiger partial charge >= 0.3 is 12.1 Å². The Morgan fingerprint density at radius 1 is 1.00 bits per heavy atom. The zero-order valence-corrected chi connectivity index (χ0v) is 13.1. The second-order valence-electron chi connectivity index (χ2n) is 4.69. The maximum atomic E-state index is 12.9. The highest BCUT2D eigenvalue weighted by Crippen LogP contribution is 2.33. The Kier molecular flexibility index (Phi) is 4.17. The molecule has 7 nitrogen and oxygen atoms in total. The molecule has 0 N–H and O–H groups in total. The summed E-state index contributed by atoms with van der Waals surface area (Å²) in [5.41, 5.74) is 0.00776. The molecule has 0 saturated carbocycles. The van der Waals surface area contributed by atoms with E-state index in [0.29, 0.717) is 4.31 Å². The van der Waals surface area contributed by atoms with Gasteiger partial charge in [-0.05, 0) is 29.4 Å². The molecule has 0 radical (unpaired) electrons. The van der Waals surface area contributed by atoms with Crippen molar-refractivity contribution in [3.05, 3.63) is 60.7 Å². The number of benzene rings is 1. The molecule has 3 aromatic rings. The van der Waals surface area contributed by atoms with Crippen molar-refractivity contribution in [1.82, 2.24) is 15.1 Å². The summed E-state index contributed by atoms with van der Waals surface area (Å²) in [6.07, 6.45) is -2.33. The molecule has 0 aliphatic rings. The Morgan fingerprint density at radius 3 is 2.20 bits per heavy atom. The molecule has 3 rings (SSSR count). The lowest BCUT2D eigenvalue weighted by Crippen LogP contribution is -2.27. The quantitative estimate of drug-likeness (QED) is 0.701. The number of halogens is 3. The van der Waals surface area contributed by atoms with E-state index in [-0.39, 0.29) is 10.6 Å². The number of hydrogen-bond acceptors (Lipinski definition) is 6. The molecule has 1 aromatic carbocycles. The summed E-state index contributed by atoms with van der Waals surface area (Å²) in [5, 5.41) is 3.17. The van der Waals surface area contributed by atoms with Gasteiger partial charge in [0.1, 0.15) is 0 Å². The van der Waals surface area contributed by atoms with Crippen LogP contribution in [0.15, 0.2) is 64.3 Å². The average Bonchev–Trinajstić information content (AvgIpc) is 3.06. The Balaban J connectivity index is 2.17. The predicted octanol–water partition coefficient (Wildman–Crippen LogP) is 3.01. The van der Waals surface area contributed by atoms with Crippen molar-refractivity contribution in [2.24, 2.45) is 0 Å². The van der Waals surface area contributed by atoms with Crippen LogP contribution in [0.5, 0.6) is 0 Å². The molecule has 0 aliphatic carbocycles. The Hall–Kier alpha value is -2.95. The third-order valence-electron chi connectivity index (χ3n) is 3.02. The topological polar surface area (TPSA) is 89.2 Å². The summed E-state index contributed by atoms with van der Waals surface area (Å²) in [5.74, 6) is -2.41. The second kappa shape index (κ2) is 6.16. The number of rotatable bonds is 4. The van der Waals surface area contributed by atoms with Crippen molar-refractivity contribution >= 4 is 21.7 Å². The maximum absolute atomic E-state index is 12.9. The minimum absolute atomic E-state index is 0.00776. The molecule has 2 aromatic heterocycles. The van der Waals surface area contributed by atoms with Crippen molar-refractivity contribution < 1.29 is 26.1 Å². The van der Waals surface area contributed by atoms with Gasteiger partial charge in [0.05, 0.1) is 10.6 Å². The first-order valence-electron chi connectivity index (χ1n) is 6.71. The molecule has 11 heteroatoms. The fourth-order valence-corrected chi connectivity index (χ4v) is 3.35. The van der Waals surface area contributed by atoms with E-state index in [0.717, 1.165) is 0 Å². The first kappa shape index (κ1) is 16.9. The first-order valence-corrected chi connectivity index (χ1v) is 8.15. The number of pyridine rings is 1. The SMILES string of the molecule is O=S(=O)(c1ccccc1)N(c1ccncc1)c1noc(C(F)(F)F)n1. The van der Waals surface area contributed by atoms with Gasteiger partial charge in [-0.1, -0.05) is 18.2 Å². The van der Waals surface area contributed by atoms with E-state index in [2.05, 4.69) is 19.6 Å². The van der Waals surface area contributed by atoms with Crippen LogP contribution in [0.1, 0.15) is 5.89 Å². The van der Waals surface area contributed by atoms with Crippen molar-refractivity contribution in [3.63, 3.8) is 0 Å². The van der Waals surface area contributed by atoms with Crippen molar-refractivity contribution in [2.75, 3.05) is 4.31 Å². The van der Waals surface area contributed by atoms with Gasteiger partial charge in [0.2, 0.25) is 0 Å². The van der Waals surface area contributed by atoms with Crippen LogP contribution in [0, 0.1) is 0 Å². The maximum Gasteiger partial charge on any atom is 0.471 e. The van der Waals surface area contributed by atoms with Crippen LogP contribution in [-0.2, 0) is 16.2 Å². The lowest BCUT2D eigenvalue weighted by Gasteiger charge is -2.20. The van der Waals surface area contributed by atoms with E-state index in [1.165, 1.54) is 48.8 Å². The summed E-state index contributed by atoms with van der Waals surface area (Å²) in [6.45, 7) is 0. The van der Waals surface area contributed by atoms with Crippen LogP contribution in [-0.4, -0.2) is 23.5 Å². The van der Waals surface area contributed by atoms with Crippen LogP contribution in [0.3, 0.4) is 0 Å². The van der Waals surface area contributed by atoms with E-state index in [4.69, 9.17) is 0 Å². The molecular formula is C14H9F3N4O3S. The Morgan fingerprint density at radius 2 is 1.64 bits per heavy atom. The minimum atomic E-state index is -4.90. The Labute approximate surface area is 139 Å². The minimum Gasteiger partial charge on any atom is -0.327 e. The number of hydrogen-bond donors (Lipinski definition) is 0. The van der Waals surface area contributed by atoms with Gasteiger partial charge in [-0.15, -0.1) is 0 Å². The molecule has 25 heavy (non-hydrogen) atoms. The van der Waals surface area contributed by atoms with Gasteiger partial charge in [-0.2, -0.15) is 22.5 Å². The zero-order chi connectivity index (χ0) is 18.1. The Bertz CT molecular complexity index is 960. The predicted molar refractivity (Wildman–Crippen MR) is 79.3 cm³/mol. The van der Waals surface area contributed by atoms with Crippen molar-refractivity contribution in [1.29, 1.82) is 0 Å². The lowest BCUT2D eigenvalue weighted by atomic mass is 10.4. The number of sulfonamides is 1. The molecule has 0 bridgehead atoms. The van der Waals surface area contributed by atoms with E-state index in [1.54, 1.807) is 6.07 Å². The molecule has 0 aliphatic heterocycles. The number of alkyl halides is 3. The summed E-state index contributed by atoms with van der Waals surface area (Å²) in [7, 11) is -4.29. The lowest BCUT2D eigenvalue weighted by molar-refractivity contribution is -0.159. The van der Waals surface area contributed by atoms with Crippen LogP contribution >= 0.6 is 0 Å².